The highest BCUT2D eigenvalue weighted by Gasteiger charge is 2.48. The van der Waals surface area contributed by atoms with Gasteiger partial charge in [-0.2, -0.15) is 0 Å². The van der Waals surface area contributed by atoms with Crippen LogP contribution in [0.3, 0.4) is 0 Å². The summed E-state index contributed by atoms with van der Waals surface area (Å²) in [5.41, 5.74) is 2.82. The van der Waals surface area contributed by atoms with E-state index in [1.165, 1.54) is 16.2 Å². The van der Waals surface area contributed by atoms with Crippen LogP contribution in [0.1, 0.15) is 22.7 Å². The number of nitrogens with zero attached hydrogens (tertiary/aromatic N) is 2. The molecule has 186 valence electrons. The Morgan fingerprint density at radius 1 is 1.08 bits per heavy atom. The van der Waals surface area contributed by atoms with E-state index in [1.54, 1.807) is 61.7 Å². The van der Waals surface area contributed by atoms with Crippen LogP contribution >= 0.6 is 11.3 Å². The number of benzene rings is 3. The highest BCUT2D eigenvalue weighted by atomic mass is 32.1. The third-order valence-corrected chi connectivity index (χ3v) is 7.13. The molecular formula is C29H24N2O5S. The molecule has 1 aromatic heterocycles. The number of hydrogen-bond donors (Lipinski definition) is 1. The van der Waals surface area contributed by atoms with E-state index in [4.69, 9.17) is 9.47 Å². The van der Waals surface area contributed by atoms with Gasteiger partial charge < -0.3 is 14.6 Å². The van der Waals surface area contributed by atoms with E-state index in [0.717, 1.165) is 15.8 Å². The van der Waals surface area contributed by atoms with Crippen molar-refractivity contribution in [2.45, 2.75) is 13.0 Å². The number of methoxy groups -OCH3 is 1. The lowest BCUT2D eigenvalue weighted by Crippen LogP contribution is -2.29. The van der Waals surface area contributed by atoms with Gasteiger partial charge in [0.15, 0.2) is 5.13 Å². The monoisotopic (exact) mass is 512 g/mol. The van der Waals surface area contributed by atoms with Crippen molar-refractivity contribution in [3.8, 4) is 11.5 Å². The first-order valence-electron chi connectivity index (χ1n) is 11.6. The summed E-state index contributed by atoms with van der Waals surface area (Å²) < 4.78 is 11.7. The summed E-state index contributed by atoms with van der Waals surface area (Å²) in [6.45, 7) is 5.98. The fourth-order valence-electron chi connectivity index (χ4n) is 4.27. The highest BCUT2D eigenvalue weighted by molar-refractivity contribution is 7.22. The summed E-state index contributed by atoms with van der Waals surface area (Å²) in [6, 6.07) is 18.7. The van der Waals surface area contributed by atoms with E-state index in [2.05, 4.69) is 11.6 Å². The second kappa shape index (κ2) is 9.91. The van der Waals surface area contributed by atoms with Crippen LogP contribution in [0.2, 0.25) is 0 Å². The van der Waals surface area contributed by atoms with Gasteiger partial charge in [0.25, 0.3) is 5.78 Å². The molecule has 1 N–H and O–H groups in total. The number of thiazole rings is 1. The molecule has 0 bridgehead atoms. The van der Waals surface area contributed by atoms with Gasteiger partial charge in [-0.15, -0.1) is 0 Å². The zero-order valence-electron chi connectivity index (χ0n) is 20.3. The normalized spacial score (nSPS) is 16.8. The van der Waals surface area contributed by atoms with Crippen LogP contribution in [0.4, 0.5) is 5.13 Å². The SMILES string of the molecule is C=CCOc1ccc(C2C(=C(O)c3ccc(OC)cc3)C(=O)C(=O)N2c2nc3ccc(C)cc3s2)cc1. The molecule has 0 aliphatic carbocycles. The molecule has 1 aliphatic heterocycles. The lowest BCUT2D eigenvalue weighted by molar-refractivity contribution is -0.132. The van der Waals surface area contributed by atoms with E-state index in [9.17, 15) is 14.7 Å². The standard InChI is InChI=1S/C29H24N2O5S/c1-4-15-36-21-12-6-18(7-13-21)25-24(26(32)19-8-10-20(35-3)11-9-19)27(33)28(34)31(25)29-30-22-14-5-17(2)16-23(22)37-29/h4-14,16,25,32H,1,15H2,2-3H3. The molecule has 2 heterocycles. The number of aryl methyl sites for hydroxylation is 1. The molecule has 37 heavy (non-hydrogen) atoms. The number of hydrogen-bond acceptors (Lipinski definition) is 7. The molecule has 1 atom stereocenters. The Balaban J connectivity index is 1.66. The molecule has 1 unspecified atom stereocenters. The van der Waals surface area contributed by atoms with Gasteiger partial charge in [0.05, 0.1) is 28.9 Å². The number of aliphatic hydroxyl groups excluding tert-OH is 1. The van der Waals surface area contributed by atoms with Crippen LogP contribution in [0.5, 0.6) is 11.5 Å². The van der Waals surface area contributed by atoms with Gasteiger partial charge >= 0.3 is 5.91 Å². The number of carbonyl (C=O) groups is 2. The summed E-state index contributed by atoms with van der Waals surface area (Å²) in [6.07, 6.45) is 1.65. The zero-order chi connectivity index (χ0) is 26.1. The number of Topliss-reactive ketones (excluding diaryl/α,β-unsaturated/α-hetero) is 1. The molecule has 0 spiro atoms. The maximum atomic E-state index is 13.4. The van der Waals surface area contributed by atoms with Crippen LogP contribution in [0, 0.1) is 6.92 Å². The van der Waals surface area contributed by atoms with Crippen LogP contribution in [-0.4, -0.2) is 35.5 Å². The number of anilines is 1. The first-order chi connectivity index (χ1) is 17.9. The second-order valence-corrected chi connectivity index (χ2v) is 9.54. The quantitative estimate of drug-likeness (QED) is 0.146. The van der Waals surface area contributed by atoms with E-state index >= 15 is 0 Å². The number of rotatable bonds is 7. The van der Waals surface area contributed by atoms with Crippen molar-refractivity contribution in [1.82, 2.24) is 4.98 Å². The predicted molar refractivity (Wildman–Crippen MR) is 144 cm³/mol. The minimum atomic E-state index is -0.878. The van der Waals surface area contributed by atoms with Gasteiger partial charge in [-0.25, -0.2) is 4.98 Å². The molecule has 0 radical (unpaired) electrons. The van der Waals surface area contributed by atoms with Crippen LogP contribution in [0.15, 0.2) is 85.0 Å². The third kappa shape index (κ3) is 4.47. The molecule has 8 heteroatoms. The number of aliphatic hydroxyl groups is 1. The van der Waals surface area contributed by atoms with Gasteiger partial charge in [0.2, 0.25) is 0 Å². The third-order valence-electron chi connectivity index (χ3n) is 6.11. The van der Waals surface area contributed by atoms with Crippen molar-refractivity contribution in [2.24, 2.45) is 0 Å². The first-order valence-corrected chi connectivity index (χ1v) is 12.4. The van der Waals surface area contributed by atoms with Gasteiger partial charge in [-0.1, -0.05) is 42.2 Å². The number of aromatic nitrogens is 1. The Labute approximate surface area is 217 Å². The molecule has 0 saturated carbocycles. The van der Waals surface area contributed by atoms with Gasteiger partial charge in [0.1, 0.15) is 23.9 Å². The van der Waals surface area contributed by atoms with Crippen molar-refractivity contribution in [3.63, 3.8) is 0 Å². The number of carbonyl (C=O) groups excluding carboxylic acids is 2. The van der Waals surface area contributed by atoms with E-state index in [1.807, 2.05) is 25.1 Å². The average molecular weight is 513 g/mol. The Kier molecular flexibility index (Phi) is 6.50. The molecule has 3 aromatic carbocycles. The maximum absolute atomic E-state index is 13.4. The zero-order valence-corrected chi connectivity index (χ0v) is 21.1. The highest BCUT2D eigenvalue weighted by Crippen LogP contribution is 2.44. The molecule has 1 saturated heterocycles. The molecule has 1 amide bonds. The minimum absolute atomic E-state index is 0.00892. The van der Waals surface area contributed by atoms with Crippen molar-refractivity contribution < 1.29 is 24.2 Å². The average Bonchev–Trinajstić information content (AvgIpc) is 3.45. The van der Waals surface area contributed by atoms with Crippen LogP contribution < -0.4 is 14.4 Å². The van der Waals surface area contributed by atoms with Gasteiger partial charge in [-0.3, -0.25) is 14.5 Å². The summed E-state index contributed by atoms with van der Waals surface area (Å²) >= 11 is 1.33. The van der Waals surface area contributed by atoms with Crippen molar-refractivity contribution in [1.29, 1.82) is 0 Å². The Bertz CT molecular complexity index is 1540. The number of ether oxygens (including phenoxy) is 2. The predicted octanol–water partition coefficient (Wildman–Crippen LogP) is 5.80. The topological polar surface area (TPSA) is 89.0 Å². The maximum Gasteiger partial charge on any atom is 0.301 e. The molecule has 5 rings (SSSR count). The lowest BCUT2D eigenvalue weighted by atomic mass is 9.95. The minimum Gasteiger partial charge on any atom is -0.507 e. The van der Waals surface area contributed by atoms with Crippen LogP contribution in [0.25, 0.3) is 16.0 Å². The summed E-state index contributed by atoms with van der Waals surface area (Å²) in [5.74, 6) is -0.569. The number of amides is 1. The lowest BCUT2D eigenvalue weighted by Gasteiger charge is -2.23. The number of ketones is 1. The molecule has 1 aliphatic rings. The largest absolute Gasteiger partial charge is 0.507 e. The Morgan fingerprint density at radius 2 is 1.78 bits per heavy atom. The molecule has 4 aromatic rings. The molecule has 7 nitrogen and oxygen atoms in total. The van der Waals surface area contributed by atoms with E-state index in [0.29, 0.717) is 34.4 Å². The first kappa shape index (κ1) is 24.3. The fourth-order valence-corrected chi connectivity index (χ4v) is 5.36. The second-order valence-electron chi connectivity index (χ2n) is 8.53. The van der Waals surface area contributed by atoms with Crippen LogP contribution in [-0.2, 0) is 9.59 Å². The molecular weight excluding hydrogens is 488 g/mol. The summed E-state index contributed by atoms with van der Waals surface area (Å²) in [4.78, 5) is 32.9. The fraction of sp³-hybridized carbons (Fsp3) is 0.138. The summed E-state index contributed by atoms with van der Waals surface area (Å²) in [5, 5.41) is 11.7. The van der Waals surface area contributed by atoms with Gasteiger partial charge in [-0.05, 0) is 66.6 Å². The van der Waals surface area contributed by atoms with Gasteiger partial charge in [0, 0.05) is 5.56 Å². The van der Waals surface area contributed by atoms with Crippen molar-refractivity contribution in [2.75, 3.05) is 18.6 Å². The molecule has 1 fully saturated rings. The smallest absolute Gasteiger partial charge is 0.301 e. The Hall–Kier alpha value is -4.43. The van der Waals surface area contributed by atoms with E-state index in [-0.39, 0.29) is 11.3 Å². The number of fused-ring (bicyclic) bond motifs is 1. The van der Waals surface area contributed by atoms with Crippen molar-refractivity contribution in [3.05, 3.63) is 102 Å². The van der Waals surface area contributed by atoms with Crippen molar-refractivity contribution >= 4 is 44.1 Å². The summed E-state index contributed by atoms with van der Waals surface area (Å²) in [7, 11) is 1.54. The van der Waals surface area contributed by atoms with E-state index < -0.39 is 17.7 Å². The Morgan fingerprint density at radius 3 is 2.46 bits per heavy atom.